The van der Waals surface area contributed by atoms with Crippen LogP contribution in [0.1, 0.15) is 71.3 Å². The molecule has 1 aliphatic rings. The van der Waals surface area contributed by atoms with E-state index in [0.29, 0.717) is 5.82 Å². The summed E-state index contributed by atoms with van der Waals surface area (Å²) in [7, 11) is 0. The Morgan fingerprint density at radius 2 is 1.60 bits per heavy atom. The molecule has 3 amide bonds. The highest BCUT2D eigenvalue weighted by molar-refractivity contribution is 6.16. The van der Waals surface area contributed by atoms with Gasteiger partial charge in [0.25, 0.3) is 11.8 Å². The fraction of sp³-hybridized carbons (Fsp3) is 0.417. The number of imide groups is 1. The average Bonchev–Trinajstić information content (AvgIpc) is 3.60. The number of nitrogens with two attached hydrogens (primary N) is 1. The second-order valence-corrected chi connectivity index (χ2v) is 13.6. The zero-order chi connectivity index (χ0) is 35.4. The minimum absolute atomic E-state index is 0.0122. The van der Waals surface area contributed by atoms with Crippen LogP contribution >= 0.6 is 0 Å². The predicted octanol–water partition coefficient (Wildman–Crippen LogP) is 5.53. The number of imidazole rings is 1. The number of hydrogen-bond donors (Lipinski definition) is 1. The number of hydrogen-bond acceptors (Lipinski definition) is 6. The summed E-state index contributed by atoms with van der Waals surface area (Å²) >= 11 is 0. The third-order valence-corrected chi connectivity index (χ3v) is 8.46. The Morgan fingerprint density at radius 3 is 2.21 bits per heavy atom. The van der Waals surface area contributed by atoms with Gasteiger partial charge in [0, 0.05) is 55.9 Å². The highest BCUT2D eigenvalue weighted by atomic mass is 19.1. The van der Waals surface area contributed by atoms with Gasteiger partial charge in [0.2, 0.25) is 5.91 Å². The number of Topliss-reactive ketones (excluding diaryl/α,β-unsaturated/α-hetero) is 1. The van der Waals surface area contributed by atoms with Crippen LogP contribution in [0.2, 0.25) is 0 Å². The van der Waals surface area contributed by atoms with E-state index in [4.69, 9.17) is 10.7 Å². The Balaban J connectivity index is 1.76. The van der Waals surface area contributed by atoms with Crippen molar-refractivity contribution < 1.29 is 32.3 Å². The van der Waals surface area contributed by atoms with Gasteiger partial charge in [-0.1, -0.05) is 51.1 Å². The van der Waals surface area contributed by atoms with Crippen LogP contribution in [0.5, 0.6) is 0 Å². The highest BCUT2D eigenvalue weighted by Gasteiger charge is 2.43. The first-order valence-electron chi connectivity index (χ1n) is 15.8. The number of aromatic nitrogens is 2. The fourth-order valence-electron chi connectivity index (χ4n) is 5.90. The van der Waals surface area contributed by atoms with Crippen molar-refractivity contribution in [2.45, 2.75) is 78.0 Å². The topological polar surface area (TPSA) is 119 Å². The Bertz CT molecular complexity index is 1680. The summed E-state index contributed by atoms with van der Waals surface area (Å²) in [6.07, 6.45) is 3.32. The first-order chi connectivity index (χ1) is 22.5. The van der Waals surface area contributed by atoms with Crippen LogP contribution in [0.15, 0.2) is 66.9 Å². The van der Waals surface area contributed by atoms with E-state index < -0.39 is 64.9 Å². The third-order valence-electron chi connectivity index (χ3n) is 8.46. The molecule has 3 aromatic rings. The van der Waals surface area contributed by atoms with Crippen LogP contribution in [0.25, 0.3) is 11.3 Å². The van der Waals surface area contributed by atoms with Gasteiger partial charge in [-0.05, 0) is 49.4 Å². The van der Waals surface area contributed by atoms with Gasteiger partial charge in [-0.2, -0.15) is 0 Å². The molecule has 4 rings (SSSR count). The number of benzene rings is 2. The Morgan fingerprint density at radius 1 is 0.958 bits per heavy atom. The quantitative estimate of drug-likeness (QED) is 0.226. The molecule has 0 fully saturated rings. The average molecular weight is 666 g/mol. The lowest BCUT2D eigenvalue weighted by Crippen LogP contribution is -2.53. The number of alkyl halides is 1. The summed E-state index contributed by atoms with van der Waals surface area (Å²) in [5, 5.41) is 0. The van der Waals surface area contributed by atoms with Crippen LogP contribution < -0.4 is 5.73 Å². The number of nitrogens with zero attached hydrogens (tertiary/aromatic N) is 4. The first kappa shape index (κ1) is 36.3. The van der Waals surface area contributed by atoms with E-state index in [1.54, 1.807) is 10.8 Å². The second kappa shape index (κ2) is 14.7. The summed E-state index contributed by atoms with van der Waals surface area (Å²) in [5.74, 6) is -3.13. The third kappa shape index (κ3) is 8.10. The summed E-state index contributed by atoms with van der Waals surface area (Å²) in [5.41, 5.74) is 4.73. The van der Waals surface area contributed by atoms with E-state index in [9.17, 15) is 28.0 Å². The van der Waals surface area contributed by atoms with Crippen LogP contribution in [0.4, 0.5) is 13.2 Å². The zero-order valence-corrected chi connectivity index (χ0v) is 27.9. The van der Waals surface area contributed by atoms with Crippen LogP contribution in [-0.2, 0) is 25.7 Å². The molecular formula is C36H42F3N5O4. The maximum atomic E-state index is 15.0. The van der Waals surface area contributed by atoms with E-state index in [1.807, 2.05) is 51.1 Å². The van der Waals surface area contributed by atoms with Crippen LogP contribution in [0, 0.1) is 17.0 Å². The van der Waals surface area contributed by atoms with E-state index in [2.05, 4.69) is 0 Å². The molecule has 0 saturated heterocycles. The van der Waals surface area contributed by atoms with Gasteiger partial charge in [-0.15, -0.1) is 0 Å². The lowest BCUT2D eigenvalue weighted by molar-refractivity contribution is -0.150. The number of amides is 3. The highest BCUT2D eigenvalue weighted by Crippen LogP contribution is 2.40. The van der Waals surface area contributed by atoms with E-state index >= 15 is 4.39 Å². The molecule has 0 saturated carbocycles. The molecule has 256 valence electrons. The van der Waals surface area contributed by atoms with Gasteiger partial charge < -0.3 is 15.2 Å². The molecule has 2 N–H and O–H groups in total. The lowest BCUT2D eigenvalue weighted by Gasteiger charge is -2.40. The number of halogens is 3. The van der Waals surface area contributed by atoms with Crippen molar-refractivity contribution in [2.75, 3.05) is 13.2 Å². The maximum absolute atomic E-state index is 15.0. The van der Waals surface area contributed by atoms with Crippen molar-refractivity contribution in [3.8, 4) is 11.3 Å². The summed E-state index contributed by atoms with van der Waals surface area (Å²) < 4.78 is 44.6. The Kier molecular flexibility index (Phi) is 11.1. The molecule has 0 spiro atoms. The molecule has 1 aromatic heterocycles. The molecule has 48 heavy (non-hydrogen) atoms. The molecule has 1 aliphatic heterocycles. The molecule has 12 heteroatoms. The molecular weight excluding hydrogens is 623 g/mol. The molecule has 2 heterocycles. The molecule has 2 aromatic carbocycles. The molecule has 0 bridgehead atoms. The zero-order valence-electron chi connectivity index (χ0n) is 27.9. The smallest absolute Gasteiger partial charge is 0.254 e. The Labute approximate surface area is 278 Å². The number of ketones is 1. The summed E-state index contributed by atoms with van der Waals surface area (Å²) in [4.78, 5) is 59.4. The van der Waals surface area contributed by atoms with Crippen molar-refractivity contribution in [3.05, 3.63) is 89.9 Å². The molecule has 0 unspecified atom stereocenters. The molecule has 2 atom stereocenters. The van der Waals surface area contributed by atoms with Gasteiger partial charge in [0.05, 0.1) is 11.7 Å². The second-order valence-electron chi connectivity index (χ2n) is 13.6. The first-order valence-corrected chi connectivity index (χ1v) is 15.8. The SMILES string of the molecule is CC(C)(C)[C@H](c1nc(-c2cc(F)ccc2F)cn1Cc1ccccc1)N(CC[C@H](N)CF)C(=O)CCC(=O)C(C)(C)N1C(=O)C=CC1=O. The summed E-state index contributed by atoms with van der Waals surface area (Å²) in [6.45, 7) is 8.06. The monoisotopic (exact) mass is 665 g/mol. The standard InChI is InChI=1S/C36H42F3N5O4/c1-35(2,3)33(34-41-28(26-19-24(38)11-12-27(26)39)22-42(34)21-23-9-7-6-8-10-23)43(18-17-25(40)20-37)30(46)14-13-29(45)36(4,5)44-31(47)15-16-32(44)48/h6-12,15-16,19,22,25,33H,13-14,17-18,20-21,40H2,1-5H3/t25-,33-/m0/s1. The normalized spacial score (nSPS) is 14.8. The van der Waals surface area contributed by atoms with E-state index in [0.717, 1.165) is 40.8 Å². The number of carbonyl (C=O) groups excluding carboxylic acids is 4. The van der Waals surface area contributed by atoms with Gasteiger partial charge in [0.15, 0.2) is 5.78 Å². The van der Waals surface area contributed by atoms with E-state index in [-0.39, 0.29) is 43.6 Å². The minimum atomic E-state index is -1.50. The van der Waals surface area contributed by atoms with Crippen LogP contribution in [-0.4, -0.2) is 67.7 Å². The van der Waals surface area contributed by atoms with Gasteiger partial charge in [0.1, 0.15) is 29.7 Å². The van der Waals surface area contributed by atoms with Crippen molar-refractivity contribution in [1.82, 2.24) is 19.4 Å². The van der Waals surface area contributed by atoms with Crippen LogP contribution in [0.3, 0.4) is 0 Å². The van der Waals surface area contributed by atoms with Gasteiger partial charge in [-0.3, -0.25) is 24.1 Å². The molecule has 0 aliphatic carbocycles. The van der Waals surface area contributed by atoms with Crippen molar-refractivity contribution in [2.24, 2.45) is 11.1 Å². The fourth-order valence-corrected chi connectivity index (χ4v) is 5.90. The van der Waals surface area contributed by atoms with Crippen molar-refractivity contribution in [1.29, 1.82) is 0 Å². The van der Waals surface area contributed by atoms with Gasteiger partial charge >= 0.3 is 0 Å². The largest absolute Gasteiger partial charge is 0.332 e. The Hall–Kier alpha value is -4.58. The minimum Gasteiger partial charge on any atom is -0.332 e. The van der Waals surface area contributed by atoms with Crippen molar-refractivity contribution >= 4 is 23.5 Å². The predicted molar refractivity (Wildman–Crippen MR) is 175 cm³/mol. The number of rotatable bonds is 14. The van der Waals surface area contributed by atoms with Gasteiger partial charge in [-0.25, -0.2) is 18.2 Å². The molecule has 0 radical (unpaired) electrons. The van der Waals surface area contributed by atoms with E-state index in [1.165, 1.54) is 18.7 Å². The maximum Gasteiger partial charge on any atom is 0.254 e. The van der Waals surface area contributed by atoms with Crippen molar-refractivity contribution in [3.63, 3.8) is 0 Å². The molecule has 9 nitrogen and oxygen atoms in total. The lowest BCUT2D eigenvalue weighted by atomic mass is 9.84. The number of carbonyl (C=O) groups is 4. The summed E-state index contributed by atoms with van der Waals surface area (Å²) in [6, 6.07) is 10.9.